The van der Waals surface area contributed by atoms with Crippen LogP contribution in [-0.4, -0.2) is 52.6 Å². The first-order valence-electron chi connectivity index (χ1n) is 7.20. The second-order valence-corrected chi connectivity index (χ2v) is 5.44. The zero-order valence-corrected chi connectivity index (χ0v) is 12.5. The first-order chi connectivity index (χ1) is 10.5. The minimum Gasteiger partial charge on any atom is -0.360 e. The van der Waals surface area contributed by atoms with Crippen LogP contribution in [0.1, 0.15) is 22.8 Å². The molecular weight excluding hydrogens is 282 g/mol. The van der Waals surface area contributed by atoms with E-state index in [0.717, 1.165) is 27.8 Å². The number of aryl methyl sites for hydroxylation is 1. The average Bonchev–Trinajstić information content (AvgIpc) is 3.04. The molecule has 1 fully saturated rings. The average molecular weight is 299 g/mol. The summed E-state index contributed by atoms with van der Waals surface area (Å²) in [6.07, 6.45) is 2.51. The van der Waals surface area contributed by atoms with Gasteiger partial charge in [0.15, 0.2) is 5.78 Å². The number of likely N-dealkylation sites (N-methyl/N-ethyl adjacent to an activating group) is 1. The van der Waals surface area contributed by atoms with Crippen molar-refractivity contribution in [2.75, 3.05) is 20.1 Å². The molecule has 1 aliphatic heterocycles. The number of aromatic amines is 1. The second kappa shape index (κ2) is 5.29. The van der Waals surface area contributed by atoms with Crippen molar-refractivity contribution in [2.24, 2.45) is 0 Å². The van der Waals surface area contributed by atoms with Crippen LogP contribution < -0.4 is 0 Å². The lowest BCUT2D eigenvalue weighted by molar-refractivity contribution is -0.125. The monoisotopic (exact) mass is 299 g/mol. The highest BCUT2D eigenvalue weighted by atomic mass is 16.2. The Hall–Kier alpha value is -2.63. The predicted molar refractivity (Wildman–Crippen MR) is 81.7 cm³/mol. The minimum atomic E-state index is -0.424. The number of amides is 3. The number of urea groups is 1. The van der Waals surface area contributed by atoms with Gasteiger partial charge in [-0.05, 0) is 12.0 Å². The molecule has 2 heterocycles. The van der Waals surface area contributed by atoms with E-state index in [1.165, 1.54) is 4.90 Å². The summed E-state index contributed by atoms with van der Waals surface area (Å²) in [6.45, 7) is 1.86. The molecular formula is C16H17N3O3. The van der Waals surface area contributed by atoms with Crippen LogP contribution in [0.3, 0.4) is 0 Å². The summed E-state index contributed by atoms with van der Waals surface area (Å²) in [5.74, 6) is -0.577. The number of nitrogens with one attached hydrogen (secondary N) is 1. The van der Waals surface area contributed by atoms with E-state index in [9.17, 15) is 14.4 Å². The summed E-state index contributed by atoms with van der Waals surface area (Å²) in [7, 11) is 1.55. The summed E-state index contributed by atoms with van der Waals surface area (Å²) in [4.78, 5) is 41.5. The Morgan fingerprint density at radius 2 is 2.09 bits per heavy atom. The van der Waals surface area contributed by atoms with Gasteiger partial charge in [0.05, 0.1) is 6.54 Å². The van der Waals surface area contributed by atoms with Gasteiger partial charge < -0.3 is 9.88 Å². The maximum atomic E-state index is 12.5. The summed E-state index contributed by atoms with van der Waals surface area (Å²) < 4.78 is 0. The Morgan fingerprint density at radius 3 is 2.73 bits per heavy atom. The van der Waals surface area contributed by atoms with E-state index < -0.39 is 6.03 Å². The van der Waals surface area contributed by atoms with Gasteiger partial charge in [0.1, 0.15) is 6.54 Å². The Bertz CT molecular complexity index is 778. The molecule has 0 saturated carbocycles. The van der Waals surface area contributed by atoms with Gasteiger partial charge in [0.25, 0.3) is 5.91 Å². The molecule has 2 aromatic rings. The fourth-order valence-corrected chi connectivity index (χ4v) is 2.80. The van der Waals surface area contributed by atoms with Crippen LogP contribution in [0.15, 0.2) is 24.4 Å². The lowest BCUT2D eigenvalue weighted by Gasteiger charge is -2.12. The van der Waals surface area contributed by atoms with Crippen LogP contribution in [0, 0.1) is 0 Å². The summed E-state index contributed by atoms with van der Waals surface area (Å²) in [5, 5.41) is 0.830. The second-order valence-electron chi connectivity index (χ2n) is 5.44. The van der Waals surface area contributed by atoms with E-state index in [1.807, 2.05) is 18.2 Å². The summed E-state index contributed by atoms with van der Waals surface area (Å²) >= 11 is 0. The predicted octanol–water partition coefficient (Wildman–Crippen LogP) is 1.81. The lowest BCUT2D eigenvalue weighted by Crippen LogP contribution is -2.36. The maximum absolute atomic E-state index is 12.5. The van der Waals surface area contributed by atoms with Gasteiger partial charge in [-0.15, -0.1) is 0 Å². The number of imide groups is 1. The Kier molecular flexibility index (Phi) is 3.44. The van der Waals surface area contributed by atoms with Crippen LogP contribution in [0.4, 0.5) is 4.79 Å². The highest BCUT2D eigenvalue weighted by Crippen LogP contribution is 2.23. The number of Topliss-reactive ketones (excluding diaryl/α,β-unsaturated/α-hetero) is 1. The molecule has 1 aromatic carbocycles. The Labute approximate surface area is 127 Å². The number of rotatable bonds is 4. The zero-order valence-electron chi connectivity index (χ0n) is 12.5. The third-order valence-corrected chi connectivity index (χ3v) is 4.02. The molecule has 22 heavy (non-hydrogen) atoms. The van der Waals surface area contributed by atoms with Crippen molar-refractivity contribution in [3.8, 4) is 0 Å². The number of fused-ring (bicyclic) bond motifs is 1. The first kappa shape index (κ1) is 14.3. The van der Waals surface area contributed by atoms with E-state index >= 15 is 0 Å². The fourth-order valence-electron chi connectivity index (χ4n) is 2.80. The lowest BCUT2D eigenvalue weighted by atomic mass is 10.0. The van der Waals surface area contributed by atoms with Crippen molar-refractivity contribution in [2.45, 2.75) is 13.3 Å². The number of ketones is 1. The molecule has 0 spiro atoms. The van der Waals surface area contributed by atoms with E-state index in [1.54, 1.807) is 13.2 Å². The molecule has 0 bridgehead atoms. The van der Waals surface area contributed by atoms with Gasteiger partial charge in [-0.3, -0.25) is 14.5 Å². The molecule has 0 radical (unpaired) electrons. The number of nitrogens with zero attached hydrogens (tertiary/aromatic N) is 2. The van der Waals surface area contributed by atoms with Crippen LogP contribution in [-0.2, 0) is 11.2 Å². The van der Waals surface area contributed by atoms with E-state index in [-0.39, 0.29) is 24.8 Å². The zero-order chi connectivity index (χ0) is 15.9. The third kappa shape index (κ3) is 2.16. The molecule has 3 rings (SSSR count). The van der Waals surface area contributed by atoms with Gasteiger partial charge in [-0.1, -0.05) is 25.1 Å². The number of H-pyrrole nitrogens is 1. The summed E-state index contributed by atoms with van der Waals surface area (Å²) in [6, 6.07) is 5.37. The van der Waals surface area contributed by atoms with Gasteiger partial charge in [-0.25, -0.2) is 4.79 Å². The Balaban J connectivity index is 1.90. The number of hydrogen-bond acceptors (Lipinski definition) is 3. The molecule has 6 heteroatoms. The maximum Gasteiger partial charge on any atom is 0.327 e. The molecule has 0 atom stereocenters. The number of carbonyl (C=O) groups excluding carboxylic acids is 3. The number of aromatic nitrogens is 1. The van der Waals surface area contributed by atoms with Crippen LogP contribution >= 0.6 is 0 Å². The van der Waals surface area contributed by atoms with E-state index in [4.69, 9.17) is 0 Å². The SMILES string of the molecule is CCc1cccc2c(C(=O)CN3C(=O)CN(C)C3=O)c[nH]c12. The van der Waals surface area contributed by atoms with Gasteiger partial charge in [0, 0.05) is 29.7 Å². The van der Waals surface area contributed by atoms with Crippen molar-refractivity contribution in [1.82, 2.24) is 14.8 Å². The van der Waals surface area contributed by atoms with Crippen molar-refractivity contribution in [3.63, 3.8) is 0 Å². The number of hydrogen-bond donors (Lipinski definition) is 1. The molecule has 1 saturated heterocycles. The van der Waals surface area contributed by atoms with Gasteiger partial charge >= 0.3 is 6.03 Å². The normalized spacial score (nSPS) is 15.2. The van der Waals surface area contributed by atoms with Crippen molar-refractivity contribution in [1.29, 1.82) is 0 Å². The largest absolute Gasteiger partial charge is 0.360 e. The van der Waals surface area contributed by atoms with Gasteiger partial charge in [-0.2, -0.15) is 0 Å². The Morgan fingerprint density at radius 1 is 1.32 bits per heavy atom. The molecule has 6 nitrogen and oxygen atoms in total. The fraction of sp³-hybridized carbons (Fsp3) is 0.312. The summed E-state index contributed by atoms with van der Waals surface area (Å²) in [5.41, 5.74) is 2.58. The standard InChI is InChI=1S/C16H17N3O3/c1-3-10-5-4-6-11-12(7-17-15(10)11)13(20)8-19-14(21)9-18(2)16(19)22/h4-7,17H,3,8-9H2,1-2H3. The van der Waals surface area contributed by atoms with Crippen LogP contribution in [0.5, 0.6) is 0 Å². The molecule has 114 valence electrons. The van der Waals surface area contributed by atoms with Gasteiger partial charge in [0.2, 0.25) is 0 Å². The smallest absolute Gasteiger partial charge is 0.327 e. The molecule has 3 amide bonds. The molecule has 1 aromatic heterocycles. The molecule has 1 aliphatic rings. The topological polar surface area (TPSA) is 73.5 Å². The van der Waals surface area contributed by atoms with Crippen molar-refractivity contribution in [3.05, 3.63) is 35.5 Å². The molecule has 0 unspecified atom stereocenters. The quantitative estimate of drug-likeness (QED) is 0.691. The number of carbonyl (C=O) groups is 3. The molecule has 0 aliphatic carbocycles. The van der Waals surface area contributed by atoms with Crippen molar-refractivity contribution >= 4 is 28.6 Å². The van der Waals surface area contributed by atoms with E-state index in [2.05, 4.69) is 11.9 Å². The van der Waals surface area contributed by atoms with Crippen molar-refractivity contribution < 1.29 is 14.4 Å². The van der Waals surface area contributed by atoms with Crippen LogP contribution in [0.25, 0.3) is 10.9 Å². The highest BCUT2D eigenvalue weighted by Gasteiger charge is 2.35. The van der Waals surface area contributed by atoms with Crippen LogP contribution in [0.2, 0.25) is 0 Å². The van der Waals surface area contributed by atoms with E-state index in [0.29, 0.717) is 5.56 Å². The number of para-hydroxylation sites is 1. The number of benzene rings is 1. The molecule has 1 N–H and O–H groups in total. The third-order valence-electron chi connectivity index (χ3n) is 4.02. The minimum absolute atomic E-state index is 0.0278. The first-order valence-corrected chi connectivity index (χ1v) is 7.20. The highest BCUT2D eigenvalue weighted by molar-refractivity contribution is 6.13.